The number of halogens is 1. The fourth-order valence-electron chi connectivity index (χ4n) is 2.77. The Morgan fingerprint density at radius 3 is 2.48 bits per heavy atom. The van der Waals surface area contributed by atoms with E-state index in [1.807, 2.05) is 0 Å². The van der Waals surface area contributed by atoms with Crippen LogP contribution < -0.4 is 5.46 Å². The van der Waals surface area contributed by atoms with E-state index < -0.39 is 12.9 Å². The lowest BCUT2D eigenvalue weighted by atomic mass is 9.79. The Bertz CT molecular complexity index is 465. The van der Waals surface area contributed by atoms with Crippen LogP contribution in [0.5, 0.6) is 0 Å². The molecule has 1 aromatic carbocycles. The lowest BCUT2D eigenvalue weighted by Gasteiger charge is -2.37. The summed E-state index contributed by atoms with van der Waals surface area (Å²) in [5.74, 6) is -0.574. The summed E-state index contributed by atoms with van der Waals surface area (Å²) in [5, 5.41) is 18.3. The SMILES string of the molecule is CCC(C)N1CCN(Cc2ccc(F)c(B(O)O)c2)CC1. The Labute approximate surface area is 126 Å². The van der Waals surface area contributed by atoms with Crippen LogP contribution in [0.1, 0.15) is 25.8 Å². The van der Waals surface area contributed by atoms with E-state index in [2.05, 4.69) is 23.6 Å². The highest BCUT2D eigenvalue weighted by Gasteiger charge is 2.21. The van der Waals surface area contributed by atoms with Crippen molar-refractivity contribution < 1.29 is 14.4 Å². The van der Waals surface area contributed by atoms with Crippen LogP contribution in [0.25, 0.3) is 0 Å². The summed E-state index contributed by atoms with van der Waals surface area (Å²) in [4.78, 5) is 4.81. The molecule has 6 heteroatoms. The zero-order chi connectivity index (χ0) is 15.4. The number of nitrogens with zero attached hydrogens (tertiary/aromatic N) is 2. The second-order valence-electron chi connectivity index (χ2n) is 5.80. The summed E-state index contributed by atoms with van der Waals surface area (Å²) in [7, 11) is -1.76. The molecule has 0 aliphatic carbocycles. The smallest absolute Gasteiger partial charge is 0.423 e. The molecule has 1 aliphatic heterocycles. The van der Waals surface area contributed by atoms with Crippen LogP contribution in [0, 0.1) is 5.82 Å². The van der Waals surface area contributed by atoms with Gasteiger partial charge in [0.15, 0.2) is 0 Å². The van der Waals surface area contributed by atoms with Gasteiger partial charge in [-0.1, -0.05) is 19.1 Å². The highest BCUT2D eigenvalue weighted by molar-refractivity contribution is 6.58. The maximum absolute atomic E-state index is 13.4. The summed E-state index contributed by atoms with van der Waals surface area (Å²) in [6, 6.07) is 5.18. The van der Waals surface area contributed by atoms with Crippen molar-refractivity contribution in [3.05, 3.63) is 29.6 Å². The van der Waals surface area contributed by atoms with Gasteiger partial charge in [0.25, 0.3) is 0 Å². The fraction of sp³-hybridized carbons (Fsp3) is 0.600. The van der Waals surface area contributed by atoms with E-state index in [4.69, 9.17) is 10.0 Å². The fourth-order valence-corrected chi connectivity index (χ4v) is 2.77. The molecular formula is C15H24BFN2O2. The lowest BCUT2D eigenvalue weighted by Crippen LogP contribution is -2.49. The van der Waals surface area contributed by atoms with Crippen LogP contribution in [0.15, 0.2) is 18.2 Å². The average Bonchev–Trinajstić information content (AvgIpc) is 2.49. The Morgan fingerprint density at radius 2 is 1.90 bits per heavy atom. The van der Waals surface area contributed by atoms with E-state index >= 15 is 0 Å². The van der Waals surface area contributed by atoms with Gasteiger partial charge in [-0.05, 0) is 25.0 Å². The van der Waals surface area contributed by atoms with Gasteiger partial charge in [0.05, 0.1) is 0 Å². The zero-order valence-electron chi connectivity index (χ0n) is 12.8. The van der Waals surface area contributed by atoms with Crippen molar-refractivity contribution in [2.45, 2.75) is 32.9 Å². The third-order valence-corrected chi connectivity index (χ3v) is 4.37. The van der Waals surface area contributed by atoms with Crippen molar-refractivity contribution in [2.24, 2.45) is 0 Å². The topological polar surface area (TPSA) is 46.9 Å². The summed E-state index contributed by atoms with van der Waals surface area (Å²) in [6.07, 6.45) is 1.16. The Balaban J connectivity index is 1.93. The van der Waals surface area contributed by atoms with Crippen LogP contribution in [0.4, 0.5) is 4.39 Å². The molecule has 2 rings (SSSR count). The number of hydrogen-bond acceptors (Lipinski definition) is 4. The Kier molecular flexibility index (Phi) is 5.76. The Morgan fingerprint density at radius 1 is 1.24 bits per heavy atom. The molecule has 0 radical (unpaired) electrons. The normalized spacial score (nSPS) is 18.7. The average molecular weight is 294 g/mol. The third-order valence-electron chi connectivity index (χ3n) is 4.37. The molecule has 21 heavy (non-hydrogen) atoms. The van der Waals surface area contributed by atoms with E-state index in [1.54, 1.807) is 12.1 Å². The van der Waals surface area contributed by atoms with Crippen molar-refractivity contribution in [2.75, 3.05) is 26.2 Å². The molecule has 0 bridgehead atoms. The summed E-state index contributed by atoms with van der Waals surface area (Å²) < 4.78 is 13.4. The molecule has 116 valence electrons. The molecule has 1 heterocycles. The van der Waals surface area contributed by atoms with E-state index in [9.17, 15) is 4.39 Å². The molecule has 0 aromatic heterocycles. The molecule has 0 saturated carbocycles. The first-order valence-electron chi connectivity index (χ1n) is 7.62. The standard InChI is InChI=1S/C15H24BFN2O2/c1-3-12(2)19-8-6-18(7-9-19)11-13-4-5-15(17)14(10-13)16(20)21/h4-5,10,12,20-21H,3,6-9,11H2,1-2H3. The molecule has 1 fully saturated rings. The van der Waals surface area contributed by atoms with Gasteiger partial charge in [-0.3, -0.25) is 9.80 Å². The highest BCUT2D eigenvalue weighted by Crippen LogP contribution is 2.12. The van der Waals surface area contributed by atoms with Gasteiger partial charge in [0.2, 0.25) is 0 Å². The minimum absolute atomic E-state index is 0.0502. The molecule has 1 unspecified atom stereocenters. The first-order chi connectivity index (χ1) is 10.0. The molecule has 4 nitrogen and oxygen atoms in total. The van der Waals surface area contributed by atoms with Crippen LogP contribution in [-0.4, -0.2) is 59.2 Å². The molecule has 2 N–H and O–H groups in total. The van der Waals surface area contributed by atoms with Crippen molar-refractivity contribution in [3.8, 4) is 0 Å². The van der Waals surface area contributed by atoms with E-state index in [0.29, 0.717) is 12.6 Å². The maximum atomic E-state index is 13.4. The monoisotopic (exact) mass is 294 g/mol. The van der Waals surface area contributed by atoms with Crippen molar-refractivity contribution in [1.82, 2.24) is 9.80 Å². The van der Waals surface area contributed by atoms with Crippen molar-refractivity contribution in [1.29, 1.82) is 0 Å². The molecule has 0 spiro atoms. The second-order valence-corrected chi connectivity index (χ2v) is 5.80. The number of rotatable bonds is 5. The first kappa shape index (κ1) is 16.4. The van der Waals surface area contributed by atoms with Crippen LogP contribution >= 0.6 is 0 Å². The van der Waals surface area contributed by atoms with Gasteiger partial charge < -0.3 is 10.0 Å². The lowest BCUT2D eigenvalue weighted by molar-refractivity contribution is 0.0964. The molecular weight excluding hydrogens is 270 g/mol. The van der Waals surface area contributed by atoms with E-state index in [0.717, 1.165) is 38.2 Å². The van der Waals surface area contributed by atoms with Gasteiger partial charge in [-0.2, -0.15) is 0 Å². The van der Waals surface area contributed by atoms with Gasteiger partial charge >= 0.3 is 7.12 Å². The predicted molar refractivity (Wildman–Crippen MR) is 82.8 cm³/mol. The number of piperazine rings is 1. The summed E-state index contributed by atoms with van der Waals surface area (Å²) in [6.45, 7) is 9.24. The molecule has 0 amide bonds. The van der Waals surface area contributed by atoms with Gasteiger partial charge in [0, 0.05) is 44.2 Å². The second kappa shape index (κ2) is 7.36. The van der Waals surface area contributed by atoms with Crippen molar-refractivity contribution in [3.63, 3.8) is 0 Å². The molecule has 1 aromatic rings. The third kappa shape index (κ3) is 4.26. The van der Waals surface area contributed by atoms with E-state index in [-0.39, 0.29) is 5.46 Å². The molecule has 1 atom stereocenters. The van der Waals surface area contributed by atoms with Crippen LogP contribution in [-0.2, 0) is 6.54 Å². The minimum atomic E-state index is -1.76. The predicted octanol–water partition coefficient (Wildman–Crippen LogP) is 0.422. The van der Waals surface area contributed by atoms with Gasteiger partial charge in [-0.15, -0.1) is 0 Å². The number of hydrogen-bond donors (Lipinski definition) is 2. The molecule has 1 saturated heterocycles. The number of benzene rings is 1. The highest BCUT2D eigenvalue weighted by atomic mass is 19.1. The maximum Gasteiger partial charge on any atom is 0.491 e. The summed E-state index contributed by atoms with van der Waals surface area (Å²) >= 11 is 0. The molecule has 1 aliphatic rings. The van der Waals surface area contributed by atoms with E-state index in [1.165, 1.54) is 6.07 Å². The van der Waals surface area contributed by atoms with Crippen LogP contribution in [0.3, 0.4) is 0 Å². The van der Waals surface area contributed by atoms with Gasteiger partial charge in [0.1, 0.15) is 5.82 Å². The van der Waals surface area contributed by atoms with Crippen molar-refractivity contribution >= 4 is 12.6 Å². The zero-order valence-corrected chi connectivity index (χ0v) is 12.8. The largest absolute Gasteiger partial charge is 0.491 e. The Hall–Kier alpha value is -0.945. The summed E-state index contributed by atoms with van der Waals surface area (Å²) in [5.41, 5.74) is 0.863. The minimum Gasteiger partial charge on any atom is -0.423 e. The van der Waals surface area contributed by atoms with Gasteiger partial charge in [-0.25, -0.2) is 4.39 Å². The van der Waals surface area contributed by atoms with Crippen LogP contribution in [0.2, 0.25) is 0 Å². The quantitative estimate of drug-likeness (QED) is 0.773. The first-order valence-corrected chi connectivity index (χ1v) is 7.62.